The summed E-state index contributed by atoms with van der Waals surface area (Å²) in [6.45, 7) is 0. The van der Waals surface area contributed by atoms with E-state index in [0.717, 1.165) is 6.42 Å². The zero-order valence-electron chi connectivity index (χ0n) is 5.90. The number of allylic oxidation sites excluding steroid dienone is 2. The molecule has 0 N–H and O–H groups in total. The summed E-state index contributed by atoms with van der Waals surface area (Å²) in [4.78, 5) is 4.39. The molecule has 2 aliphatic rings. The van der Waals surface area contributed by atoms with Gasteiger partial charge in [0.2, 0.25) is 0 Å². The van der Waals surface area contributed by atoms with Crippen LogP contribution in [0.5, 0.6) is 0 Å². The van der Waals surface area contributed by atoms with E-state index >= 15 is 0 Å². The molecule has 0 saturated carbocycles. The van der Waals surface area contributed by atoms with Crippen molar-refractivity contribution in [2.75, 3.05) is 0 Å². The molecule has 1 heterocycles. The van der Waals surface area contributed by atoms with E-state index in [1.54, 1.807) is 0 Å². The van der Waals surface area contributed by atoms with Crippen molar-refractivity contribution in [3.05, 3.63) is 24.3 Å². The van der Waals surface area contributed by atoms with E-state index < -0.39 is 0 Å². The Labute approximate surface area is 61.2 Å². The van der Waals surface area contributed by atoms with Crippen LogP contribution < -0.4 is 0 Å². The second-order valence-electron chi connectivity index (χ2n) is 2.83. The number of nitrogens with zero attached hydrogens (tertiary/aromatic N) is 1. The zero-order valence-corrected chi connectivity index (χ0v) is 5.90. The molecule has 52 valence electrons. The topological polar surface area (TPSA) is 12.4 Å². The summed E-state index contributed by atoms with van der Waals surface area (Å²) in [5.74, 6) is 0.690. The molecule has 2 atom stereocenters. The van der Waals surface area contributed by atoms with Gasteiger partial charge in [-0.15, -0.1) is 0 Å². The van der Waals surface area contributed by atoms with Crippen LogP contribution in [0.3, 0.4) is 0 Å². The summed E-state index contributed by atoms with van der Waals surface area (Å²) >= 11 is 0. The lowest BCUT2D eigenvalue weighted by Crippen LogP contribution is -2.19. The molecule has 1 nitrogen and oxygen atoms in total. The van der Waals surface area contributed by atoms with E-state index in [0.29, 0.717) is 12.0 Å². The molecule has 0 aromatic carbocycles. The Morgan fingerprint density at radius 3 is 3.00 bits per heavy atom. The lowest BCUT2D eigenvalue weighted by molar-refractivity contribution is 0.523. The second-order valence-corrected chi connectivity index (χ2v) is 2.83. The maximum absolute atomic E-state index is 4.39. The van der Waals surface area contributed by atoms with E-state index in [1.165, 1.54) is 6.42 Å². The summed E-state index contributed by atoms with van der Waals surface area (Å²) in [7, 11) is 0. The lowest BCUT2D eigenvalue weighted by atomic mass is 9.89. The zero-order chi connectivity index (χ0) is 6.81. The van der Waals surface area contributed by atoms with Crippen molar-refractivity contribution in [2.45, 2.75) is 18.9 Å². The van der Waals surface area contributed by atoms with Gasteiger partial charge in [-0.3, -0.25) is 4.99 Å². The largest absolute Gasteiger partial charge is 0.289 e. The Bertz CT molecular complexity index is 201. The van der Waals surface area contributed by atoms with Crippen LogP contribution in [0, 0.1) is 5.92 Å². The van der Waals surface area contributed by atoms with Crippen molar-refractivity contribution in [1.82, 2.24) is 0 Å². The monoisotopic (exact) mass is 133 g/mol. The lowest BCUT2D eigenvalue weighted by Gasteiger charge is -2.23. The highest BCUT2D eigenvalue weighted by Gasteiger charge is 2.18. The van der Waals surface area contributed by atoms with E-state index in [4.69, 9.17) is 0 Å². The van der Waals surface area contributed by atoms with Gasteiger partial charge in [-0.1, -0.05) is 24.3 Å². The molecule has 0 saturated heterocycles. The Morgan fingerprint density at radius 2 is 2.10 bits per heavy atom. The average Bonchev–Trinajstić information content (AvgIpc) is 2.05. The van der Waals surface area contributed by atoms with E-state index in [1.807, 2.05) is 6.21 Å². The average molecular weight is 133 g/mol. The normalized spacial score (nSPS) is 36.0. The molecule has 0 bridgehead atoms. The first-order valence-electron chi connectivity index (χ1n) is 3.83. The molecule has 0 fully saturated rings. The first-order chi connectivity index (χ1) is 4.97. The predicted octanol–water partition coefficient (Wildman–Crippen LogP) is 1.96. The first kappa shape index (κ1) is 5.90. The fourth-order valence-electron chi connectivity index (χ4n) is 1.53. The Hall–Kier alpha value is -0.850. The van der Waals surface area contributed by atoms with E-state index in [-0.39, 0.29) is 0 Å². The second kappa shape index (κ2) is 2.41. The van der Waals surface area contributed by atoms with Crippen LogP contribution >= 0.6 is 0 Å². The van der Waals surface area contributed by atoms with Crippen molar-refractivity contribution in [2.24, 2.45) is 10.9 Å². The van der Waals surface area contributed by atoms with Crippen LogP contribution in [0.2, 0.25) is 0 Å². The molecule has 0 amide bonds. The predicted molar refractivity (Wildman–Crippen MR) is 43.3 cm³/mol. The van der Waals surface area contributed by atoms with E-state index in [2.05, 4.69) is 29.3 Å². The van der Waals surface area contributed by atoms with Gasteiger partial charge in [0, 0.05) is 5.92 Å². The van der Waals surface area contributed by atoms with Gasteiger partial charge in [-0.05, 0) is 19.1 Å². The van der Waals surface area contributed by atoms with Gasteiger partial charge >= 0.3 is 0 Å². The highest BCUT2D eigenvalue weighted by Crippen LogP contribution is 2.23. The Kier molecular flexibility index (Phi) is 1.42. The van der Waals surface area contributed by atoms with Crippen LogP contribution in [0.15, 0.2) is 29.3 Å². The van der Waals surface area contributed by atoms with Crippen molar-refractivity contribution in [1.29, 1.82) is 0 Å². The van der Waals surface area contributed by atoms with Gasteiger partial charge in [0.25, 0.3) is 0 Å². The summed E-state index contributed by atoms with van der Waals surface area (Å²) in [5.41, 5.74) is 0. The number of rotatable bonds is 0. The Morgan fingerprint density at radius 1 is 1.20 bits per heavy atom. The standard InChI is InChI=1S/C9H11N/c1-2-6-9-8(4-1)5-3-7-10-9/h1-2,4,6-9H,3,5H2/t8-,9+/m1/s1. The summed E-state index contributed by atoms with van der Waals surface area (Å²) in [6.07, 6.45) is 13.1. The van der Waals surface area contributed by atoms with Crippen LogP contribution in [0.4, 0.5) is 0 Å². The molecule has 0 radical (unpaired) electrons. The van der Waals surface area contributed by atoms with Crippen molar-refractivity contribution in [3.63, 3.8) is 0 Å². The van der Waals surface area contributed by atoms with Crippen LogP contribution in [0.1, 0.15) is 12.8 Å². The fraction of sp³-hybridized carbons (Fsp3) is 0.444. The number of hydrogen-bond donors (Lipinski definition) is 0. The molecule has 1 aliphatic heterocycles. The minimum atomic E-state index is 0.457. The fourth-order valence-corrected chi connectivity index (χ4v) is 1.53. The smallest absolute Gasteiger partial charge is 0.0741 e. The molecule has 0 aromatic rings. The minimum Gasteiger partial charge on any atom is -0.289 e. The number of aliphatic imine (C=N–C) groups is 1. The van der Waals surface area contributed by atoms with Crippen LogP contribution in [-0.4, -0.2) is 12.3 Å². The molecule has 10 heavy (non-hydrogen) atoms. The molecule has 0 spiro atoms. The molecule has 1 heteroatoms. The van der Waals surface area contributed by atoms with Gasteiger partial charge in [-0.25, -0.2) is 0 Å². The van der Waals surface area contributed by atoms with Gasteiger partial charge in [0.1, 0.15) is 0 Å². The first-order valence-corrected chi connectivity index (χ1v) is 3.83. The third-order valence-electron chi connectivity index (χ3n) is 2.12. The minimum absolute atomic E-state index is 0.457. The maximum Gasteiger partial charge on any atom is 0.0741 e. The maximum atomic E-state index is 4.39. The molecule has 0 aromatic heterocycles. The van der Waals surface area contributed by atoms with Crippen LogP contribution in [0.25, 0.3) is 0 Å². The number of hydrogen-bond acceptors (Lipinski definition) is 1. The third-order valence-corrected chi connectivity index (χ3v) is 2.12. The van der Waals surface area contributed by atoms with Crippen LogP contribution in [-0.2, 0) is 0 Å². The summed E-state index contributed by atoms with van der Waals surface area (Å²) in [6, 6.07) is 0.457. The van der Waals surface area contributed by atoms with Gasteiger partial charge < -0.3 is 0 Å². The highest BCUT2D eigenvalue weighted by atomic mass is 14.8. The van der Waals surface area contributed by atoms with Gasteiger partial charge in [0.15, 0.2) is 0 Å². The third kappa shape index (κ3) is 0.919. The molecule has 1 aliphatic carbocycles. The molecular weight excluding hydrogens is 122 g/mol. The quantitative estimate of drug-likeness (QED) is 0.479. The molecular formula is C9H11N. The highest BCUT2D eigenvalue weighted by molar-refractivity contribution is 5.59. The summed E-state index contributed by atoms with van der Waals surface area (Å²) < 4.78 is 0. The molecule has 0 unspecified atom stereocenters. The van der Waals surface area contributed by atoms with Crippen molar-refractivity contribution >= 4 is 6.21 Å². The Balaban J connectivity index is 2.21. The van der Waals surface area contributed by atoms with Crippen molar-refractivity contribution < 1.29 is 0 Å². The summed E-state index contributed by atoms with van der Waals surface area (Å²) in [5, 5.41) is 0. The van der Waals surface area contributed by atoms with Crippen molar-refractivity contribution in [3.8, 4) is 0 Å². The van der Waals surface area contributed by atoms with Gasteiger partial charge in [-0.2, -0.15) is 0 Å². The molecule has 2 rings (SSSR count). The van der Waals surface area contributed by atoms with Gasteiger partial charge in [0.05, 0.1) is 6.04 Å². The SMILES string of the molecule is C1=C[C@@H]2CCC=N[C@H]2C=C1. The van der Waals surface area contributed by atoms with E-state index in [9.17, 15) is 0 Å². The number of fused-ring (bicyclic) bond motifs is 1.